The van der Waals surface area contributed by atoms with Gasteiger partial charge in [-0.15, -0.1) is 0 Å². The van der Waals surface area contributed by atoms with E-state index in [4.69, 9.17) is 28.5 Å². The van der Waals surface area contributed by atoms with Gasteiger partial charge in [-0.3, -0.25) is 9.69 Å². The fourth-order valence-corrected chi connectivity index (χ4v) is 4.42. The Hall–Kier alpha value is -2.91. The van der Waals surface area contributed by atoms with Crippen molar-refractivity contribution in [1.82, 2.24) is 4.90 Å². The van der Waals surface area contributed by atoms with E-state index in [0.29, 0.717) is 40.8 Å². The molecule has 0 aromatic heterocycles. The SMILES string of the molecule is N#Cc1ccc(N2CCN(CC(=O)c3cccc(F)c3)C[C@H]2c2ccc(Cl)cc2)c(Cl)c1. The zero-order valence-corrected chi connectivity index (χ0v) is 18.7. The van der Waals surface area contributed by atoms with Gasteiger partial charge in [0.15, 0.2) is 5.78 Å². The van der Waals surface area contributed by atoms with Gasteiger partial charge in [-0.05, 0) is 48.0 Å². The minimum Gasteiger partial charge on any atom is -0.361 e. The summed E-state index contributed by atoms with van der Waals surface area (Å²) < 4.78 is 13.5. The molecule has 32 heavy (non-hydrogen) atoms. The Bertz CT molecular complexity index is 1180. The third kappa shape index (κ3) is 4.94. The van der Waals surface area contributed by atoms with Crippen LogP contribution < -0.4 is 4.90 Å². The summed E-state index contributed by atoms with van der Waals surface area (Å²) in [7, 11) is 0. The maximum Gasteiger partial charge on any atom is 0.176 e. The van der Waals surface area contributed by atoms with Crippen molar-refractivity contribution < 1.29 is 9.18 Å². The molecule has 0 bridgehead atoms. The molecule has 0 saturated carbocycles. The van der Waals surface area contributed by atoms with Crippen LogP contribution in [0.1, 0.15) is 27.5 Å². The zero-order valence-electron chi connectivity index (χ0n) is 17.1. The van der Waals surface area contributed by atoms with E-state index >= 15 is 0 Å². The number of rotatable bonds is 5. The third-order valence-corrected chi connectivity index (χ3v) is 6.17. The lowest BCUT2D eigenvalue weighted by Gasteiger charge is -2.43. The van der Waals surface area contributed by atoms with Crippen LogP contribution in [-0.4, -0.2) is 36.9 Å². The van der Waals surface area contributed by atoms with E-state index in [1.165, 1.54) is 12.1 Å². The average Bonchev–Trinajstić information content (AvgIpc) is 2.79. The largest absolute Gasteiger partial charge is 0.361 e. The van der Waals surface area contributed by atoms with Crippen molar-refractivity contribution in [3.63, 3.8) is 0 Å². The molecule has 0 aliphatic carbocycles. The summed E-state index contributed by atoms with van der Waals surface area (Å²) in [5.74, 6) is -0.542. The second-order valence-corrected chi connectivity index (χ2v) is 8.55. The Kier molecular flexibility index (Phi) is 6.76. The van der Waals surface area contributed by atoms with E-state index in [9.17, 15) is 9.18 Å². The number of nitriles is 1. The summed E-state index contributed by atoms with van der Waals surface area (Å²) in [6, 6.07) is 20.7. The molecule has 4 nitrogen and oxygen atoms in total. The van der Waals surface area contributed by atoms with Gasteiger partial charge in [-0.1, -0.05) is 47.5 Å². The lowest BCUT2D eigenvalue weighted by atomic mass is 10.00. The molecule has 0 amide bonds. The molecule has 1 aliphatic rings. The molecule has 3 aromatic rings. The molecule has 162 valence electrons. The van der Waals surface area contributed by atoms with Gasteiger partial charge < -0.3 is 4.90 Å². The maximum atomic E-state index is 13.5. The molecule has 7 heteroatoms. The summed E-state index contributed by atoms with van der Waals surface area (Å²) in [6.07, 6.45) is 0. The number of carbonyl (C=O) groups excluding carboxylic acids is 1. The predicted octanol–water partition coefficient (Wildman–Crippen LogP) is 5.75. The number of nitrogens with zero attached hydrogens (tertiary/aromatic N) is 3. The molecule has 3 aromatic carbocycles. The van der Waals surface area contributed by atoms with E-state index in [0.717, 1.165) is 11.3 Å². The molecule has 0 spiro atoms. The number of benzene rings is 3. The van der Waals surface area contributed by atoms with Crippen molar-refractivity contribution in [2.75, 3.05) is 31.1 Å². The first-order valence-electron chi connectivity index (χ1n) is 10.2. The van der Waals surface area contributed by atoms with Crippen molar-refractivity contribution in [3.8, 4) is 6.07 Å². The summed E-state index contributed by atoms with van der Waals surface area (Å²) in [6.45, 7) is 2.05. The molecular formula is C25H20Cl2FN3O. The summed E-state index contributed by atoms with van der Waals surface area (Å²) >= 11 is 12.6. The van der Waals surface area contributed by atoms with Crippen molar-refractivity contribution in [1.29, 1.82) is 5.26 Å². The van der Waals surface area contributed by atoms with Crippen LogP contribution in [0, 0.1) is 17.1 Å². The monoisotopic (exact) mass is 467 g/mol. The summed E-state index contributed by atoms with van der Waals surface area (Å²) in [5.41, 5.74) is 2.74. The van der Waals surface area contributed by atoms with Crippen molar-refractivity contribution >= 4 is 34.7 Å². The number of piperazine rings is 1. The first-order chi connectivity index (χ1) is 15.4. The van der Waals surface area contributed by atoms with E-state index in [1.807, 2.05) is 30.3 Å². The van der Waals surface area contributed by atoms with E-state index in [1.54, 1.807) is 24.3 Å². The van der Waals surface area contributed by atoms with Crippen LogP contribution in [-0.2, 0) is 0 Å². The smallest absolute Gasteiger partial charge is 0.176 e. The quantitative estimate of drug-likeness (QED) is 0.448. The predicted molar refractivity (Wildman–Crippen MR) is 125 cm³/mol. The van der Waals surface area contributed by atoms with Crippen LogP contribution in [0.25, 0.3) is 0 Å². The van der Waals surface area contributed by atoms with Gasteiger partial charge in [-0.2, -0.15) is 5.26 Å². The second kappa shape index (κ2) is 9.70. The Balaban J connectivity index is 1.60. The highest BCUT2D eigenvalue weighted by molar-refractivity contribution is 6.33. The minimum atomic E-state index is -0.421. The topological polar surface area (TPSA) is 47.3 Å². The Morgan fingerprint density at radius 1 is 1.06 bits per heavy atom. The lowest BCUT2D eigenvalue weighted by molar-refractivity contribution is 0.0914. The average molecular weight is 468 g/mol. The molecular weight excluding hydrogens is 448 g/mol. The van der Waals surface area contributed by atoms with Crippen molar-refractivity contribution in [2.24, 2.45) is 0 Å². The van der Waals surface area contributed by atoms with Crippen LogP contribution in [0.2, 0.25) is 10.0 Å². The van der Waals surface area contributed by atoms with Gasteiger partial charge in [0.2, 0.25) is 0 Å². The third-order valence-electron chi connectivity index (χ3n) is 5.62. The van der Waals surface area contributed by atoms with E-state index in [-0.39, 0.29) is 18.4 Å². The summed E-state index contributed by atoms with van der Waals surface area (Å²) in [4.78, 5) is 17.0. The van der Waals surface area contributed by atoms with Crippen LogP contribution >= 0.6 is 23.2 Å². The highest BCUT2D eigenvalue weighted by atomic mass is 35.5. The van der Waals surface area contributed by atoms with Crippen LogP contribution in [0.15, 0.2) is 66.7 Å². The number of Topliss-reactive ketones (excluding diaryl/α,β-unsaturated/α-hetero) is 1. The molecule has 4 rings (SSSR count). The fraction of sp³-hybridized carbons (Fsp3) is 0.200. The van der Waals surface area contributed by atoms with Gasteiger partial charge in [0.25, 0.3) is 0 Å². The Labute approximate surface area is 196 Å². The highest BCUT2D eigenvalue weighted by Crippen LogP contribution is 2.36. The number of carbonyl (C=O) groups is 1. The number of anilines is 1. The zero-order chi connectivity index (χ0) is 22.7. The standard InChI is InChI=1S/C25H20Cl2FN3O/c26-20-7-5-18(6-8-20)24-15-30(16-25(32)19-2-1-3-21(28)13-19)10-11-31(24)23-9-4-17(14-29)12-22(23)27/h1-9,12-13,24H,10-11,15-16H2/t24-/m0/s1. The minimum absolute atomic E-state index is 0.0771. The summed E-state index contributed by atoms with van der Waals surface area (Å²) in [5, 5.41) is 10.3. The van der Waals surface area contributed by atoms with Crippen molar-refractivity contribution in [3.05, 3.63) is 99.3 Å². The van der Waals surface area contributed by atoms with Crippen LogP contribution in [0.4, 0.5) is 10.1 Å². The van der Waals surface area contributed by atoms with E-state index in [2.05, 4.69) is 15.9 Å². The van der Waals surface area contributed by atoms with Crippen LogP contribution in [0.3, 0.4) is 0 Å². The molecule has 0 unspecified atom stereocenters. The first kappa shape index (κ1) is 22.3. The highest BCUT2D eigenvalue weighted by Gasteiger charge is 2.30. The van der Waals surface area contributed by atoms with Gasteiger partial charge in [0.1, 0.15) is 5.82 Å². The molecule has 0 radical (unpaired) electrons. The molecule has 1 aliphatic heterocycles. The van der Waals surface area contributed by atoms with Crippen LogP contribution in [0.5, 0.6) is 0 Å². The molecule has 1 saturated heterocycles. The molecule has 0 N–H and O–H groups in total. The van der Waals surface area contributed by atoms with Gasteiger partial charge in [0, 0.05) is 30.2 Å². The second-order valence-electron chi connectivity index (χ2n) is 7.71. The number of hydrogen-bond donors (Lipinski definition) is 0. The first-order valence-corrected chi connectivity index (χ1v) is 10.9. The van der Waals surface area contributed by atoms with Crippen molar-refractivity contribution in [2.45, 2.75) is 6.04 Å². The lowest BCUT2D eigenvalue weighted by Crippen LogP contribution is -2.50. The number of halogens is 3. The van der Waals surface area contributed by atoms with Gasteiger partial charge in [0.05, 0.1) is 34.9 Å². The van der Waals surface area contributed by atoms with Gasteiger partial charge in [-0.25, -0.2) is 4.39 Å². The Morgan fingerprint density at radius 2 is 1.84 bits per heavy atom. The van der Waals surface area contributed by atoms with Gasteiger partial charge >= 0.3 is 0 Å². The Morgan fingerprint density at radius 3 is 2.53 bits per heavy atom. The molecule has 1 heterocycles. The molecule has 1 fully saturated rings. The fourth-order valence-electron chi connectivity index (χ4n) is 4.01. The molecule has 1 atom stereocenters. The number of ketones is 1. The normalized spacial score (nSPS) is 16.6. The maximum absolute atomic E-state index is 13.5. The van der Waals surface area contributed by atoms with E-state index < -0.39 is 5.82 Å². The number of hydrogen-bond acceptors (Lipinski definition) is 4.